The molecule has 1 atom stereocenters. The van der Waals surface area contributed by atoms with Crippen LogP contribution in [0.3, 0.4) is 0 Å². The summed E-state index contributed by atoms with van der Waals surface area (Å²) >= 11 is 0. The average molecular weight is 315 g/mol. The normalized spacial score (nSPS) is 13.0. The number of hydrogen-bond donors (Lipinski definition) is 1. The van der Waals surface area contributed by atoms with E-state index in [1.54, 1.807) is 14.0 Å². The Balaban J connectivity index is 2.72. The number of nitrogens with two attached hydrogens (primary N) is 1. The first-order valence-electron chi connectivity index (χ1n) is 7.14. The molecule has 0 aliphatic heterocycles. The van der Waals surface area contributed by atoms with Gasteiger partial charge in [0.15, 0.2) is 11.5 Å². The minimum Gasteiger partial charge on any atom is -0.493 e. The van der Waals surface area contributed by atoms with E-state index in [1.807, 2.05) is 25.1 Å². The highest BCUT2D eigenvalue weighted by molar-refractivity contribution is 7.91. The molecule has 0 fully saturated rings. The largest absolute Gasteiger partial charge is 0.493 e. The second kappa shape index (κ2) is 8.24. The molecule has 0 aliphatic carbocycles. The van der Waals surface area contributed by atoms with Crippen molar-refractivity contribution in [1.82, 2.24) is 0 Å². The number of hydrogen-bond acceptors (Lipinski definition) is 5. The third kappa shape index (κ3) is 5.93. The van der Waals surface area contributed by atoms with Crippen LogP contribution < -0.4 is 15.2 Å². The number of ether oxygens (including phenoxy) is 2. The van der Waals surface area contributed by atoms with E-state index >= 15 is 0 Å². The first-order valence-corrected chi connectivity index (χ1v) is 8.96. The Morgan fingerprint density at radius 1 is 1.33 bits per heavy atom. The van der Waals surface area contributed by atoms with E-state index in [0.717, 1.165) is 5.56 Å². The van der Waals surface area contributed by atoms with Gasteiger partial charge in [-0.3, -0.25) is 0 Å². The standard InChI is InChI=1S/C15H25NO4S/c1-4-21(17,18)10-6-9-20-15-13(11-12(2)16)7-5-8-14(15)19-3/h5,7-8,12H,4,6,9-11,16H2,1-3H3. The molecule has 0 saturated heterocycles. The van der Waals surface area contributed by atoms with Gasteiger partial charge in [0.25, 0.3) is 0 Å². The van der Waals surface area contributed by atoms with Crippen molar-refractivity contribution in [1.29, 1.82) is 0 Å². The molecule has 6 heteroatoms. The van der Waals surface area contributed by atoms with E-state index in [1.165, 1.54) is 0 Å². The Kier molecular flexibility index (Phi) is 6.98. The molecule has 2 N–H and O–H groups in total. The smallest absolute Gasteiger partial charge is 0.164 e. The fourth-order valence-electron chi connectivity index (χ4n) is 1.99. The summed E-state index contributed by atoms with van der Waals surface area (Å²) in [5.74, 6) is 1.61. The molecule has 5 nitrogen and oxygen atoms in total. The Morgan fingerprint density at radius 3 is 2.62 bits per heavy atom. The topological polar surface area (TPSA) is 78.6 Å². The highest BCUT2D eigenvalue weighted by atomic mass is 32.2. The summed E-state index contributed by atoms with van der Waals surface area (Å²) in [4.78, 5) is 0. The monoisotopic (exact) mass is 315 g/mol. The lowest BCUT2D eigenvalue weighted by Gasteiger charge is -2.16. The summed E-state index contributed by atoms with van der Waals surface area (Å²) in [6, 6.07) is 5.68. The SMILES string of the molecule is CCS(=O)(=O)CCCOc1c(CC(C)N)cccc1OC. The van der Waals surface area contributed by atoms with Crippen molar-refractivity contribution in [2.45, 2.75) is 32.7 Å². The Morgan fingerprint density at radius 2 is 2.05 bits per heavy atom. The van der Waals surface area contributed by atoms with Crippen molar-refractivity contribution < 1.29 is 17.9 Å². The maximum absolute atomic E-state index is 11.4. The number of benzene rings is 1. The Hall–Kier alpha value is -1.27. The molecule has 0 aliphatic rings. The average Bonchev–Trinajstić information content (AvgIpc) is 2.44. The van der Waals surface area contributed by atoms with E-state index in [-0.39, 0.29) is 17.5 Å². The fraction of sp³-hybridized carbons (Fsp3) is 0.600. The predicted molar refractivity (Wildman–Crippen MR) is 84.8 cm³/mol. The Bertz CT molecular complexity index is 541. The van der Waals surface area contributed by atoms with Crippen LogP contribution in [0.2, 0.25) is 0 Å². The molecule has 1 aromatic carbocycles. The molecule has 0 amide bonds. The summed E-state index contributed by atoms with van der Waals surface area (Å²) in [5, 5.41) is 0. The molecular weight excluding hydrogens is 290 g/mol. The van der Waals surface area contributed by atoms with Gasteiger partial charge in [-0.1, -0.05) is 19.1 Å². The van der Waals surface area contributed by atoms with Crippen LogP contribution in [-0.2, 0) is 16.3 Å². The van der Waals surface area contributed by atoms with Gasteiger partial charge in [-0.05, 0) is 31.4 Å². The first kappa shape index (κ1) is 17.8. The van der Waals surface area contributed by atoms with Gasteiger partial charge >= 0.3 is 0 Å². The van der Waals surface area contributed by atoms with E-state index in [9.17, 15) is 8.42 Å². The van der Waals surface area contributed by atoms with E-state index in [0.29, 0.717) is 30.9 Å². The lowest BCUT2D eigenvalue weighted by atomic mass is 10.1. The van der Waals surface area contributed by atoms with Crippen LogP contribution in [0.5, 0.6) is 11.5 Å². The second-order valence-electron chi connectivity index (χ2n) is 5.07. The number of methoxy groups -OCH3 is 1. The zero-order chi connectivity index (χ0) is 15.9. The molecule has 0 heterocycles. The number of para-hydroxylation sites is 1. The zero-order valence-corrected chi connectivity index (χ0v) is 13.8. The van der Waals surface area contributed by atoms with Crippen molar-refractivity contribution >= 4 is 9.84 Å². The van der Waals surface area contributed by atoms with Gasteiger partial charge < -0.3 is 15.2 Å². The molecule has 0 radical (unpaired) electrons. The van der Waals surface area contributed by atoms with E-state index < -0.39 is 9.84 Å². The van der Waals surface area contributed by atoms with Crippen LogP contribution in [0.1, 0.15) is 25.8 Å². The lowest BCUT2D eigenvalue weighted by Crippen LogP contribution is -2.19. The van der Waals surface area contributed by atoms with Crippen molar-refractivity contribution in [3.05, 3.63) is 23.8 Å². The molecule has 120 valence electrons. The minimum atomic E-state index is -2.95. The highest BCUT2D eigenvalue weighted by Crippen LogP contribution is 2.31. The van der Waals surface area contributed by atoms with Gasteiger partial charge in [-0.2, -0.15) is 0 Å². The van der Waals surface area contributed by atoms with Crippen LogP contribution in [0, 0.1) is 0 Å². The minimum absolute atomic E-state index is 0.0138. The van der Waals surface area contributed by atoms with Crippen LogP contribution in [0.25, 0.3) is 0 Å². The number of rotatable bonds is 9. The van der Waals surface area contributed by atoms with Crippen molar-refractivity contribution in [2.24, 2.45) is 5.73 Å². The molecular formula is C15H25NO4S. The van der Waals surface area contributed by atoms with Gasteiger partial charge in [0.2, 0.25) is 0 Å². The molecule has 1 aromatic rings. The van der Waals surface area contributed by atoms with Gasteiger partial charge in [-0.25, -0.2) is 8.42 Å². The summed E-state index contributed by atoms with van der Waals surface area (Å²) < 4.78 is 34.0. The zero-order valence-electron chi connectivity index (χ0n) is 13.0. The molecule has 1 unspecified atom stereocenters. The maximum atomic E-state index is 11.4. The first-order chi connectivity index (χ1) is 9.89. The molecule has 0 saturated carbocycles. The lowest BCUT2D eigenvalue weighted by molar-refractivity contribution is 0.291. The van der Waals surface area contributed by atoms with Gasteiger partial charge in [0, 0.05) is 11.8 Å². The second-order valence-corrected chi connectivity index (χ2v) is 7.54. The summed E-state index contributed by atoms with van der Waals surface area (Å²) in [5.41, 5.74) is 6.81. The van der Waals surface area contributed by atoms with Crippen molar-refractivity contribution in [3.8, 4) is 11.5 Å². The van der Waals surface area contributed by atoms with Crippen LogP contribution in [-0.4, -0.2) is 39.7 Å². The van der Waals surface area contributed by atoms with Crippen molar-refractivity contribution in [3.63, 3.8) is 0 Å². The van der Waals surface area contributed by atoms with Gasteiger partial charge in [0.1, 0.15) is 9.84 Å². The van der Waals surface area contributed by atoms with E-state index in [2.05, 4.69) is 0 Å². The molecule has 1 rings (SSSR count). The Labute approximate surface area is 127 Å². The van der Waals surface area contributed by atoms with Crippen molar-refractivity contribution in [2.75, 3.05) is 25.2 Å². The fourth-order valence-corrected chi connectivity index (χ4v) is 2.84. The summed E-state index contributed by atoms with van der Waals surface area (Å²) in [6.07, 6.45) is 1.14. The van der Waals surface area contributed by atoms with E-state index in [4.69, 9.17) is 15.2 Å². The third-order valence-electron chi connectivity index (χ3n) is 3.11. The maximum Gasteiger partial charge on any atom is 0.164 e. The van der Waals surface area contributed by atoms with Gasteiger partial charge in [-0.15, -0.1) is 0 Å². The molecule has 0 spiro atoms. The van der Waals surface area contributed by atoms with Gasteiger partial charge in [0.05, 0.1) is 19.5 Å². The van der Waals surface area contributed by atoms with Crippen LogP contribution in [0.15, 0.2) is 18.2 Å². The number of sulfone groups is 1. The highest BCUT2D eigenvalue weighted by Gasteiger charge is 2.13. The summed E-state index contributed by atoms with van der Waals surface area (Å²) in [6.45, 7) is 3.92. The summed E-state index contributed by atoms with van der Waals surface area (Å²) in [7, 11) is -1.37. The third-order valence-corrected chi connectivity index (χ3v) is 4.90. The van der Waals surface area contributed by atoms with Crippen LogP contribution in [0.4, 0.5) is 0 Å². The molecule has 21 heavy (non-hydrogen) atoms. The molecule has 0 bridgehead atoms. The quantitative estimate of drug-likeness (QED) is 0.703. The predicted octanol–water partition coefficient (Wildman–Crippen LogP) is 1.79. The molecule has 0 aromatic heterocycles. The van der Waals surface area contributed by atoms with Crippen LogP contribution >= 0.6 is 0 Å².